The van der Waals surface area contributed by atoms with Crippen molar-refractivity contribution < 1.29 is 0 Å². The summed E-state index contributed by atoms with van der Waals surface area (Å²) in [6, 6.07) is 5.25. The molecule has 0 bridgehead atoms. The number of nitrogens with two attached hydrogens (primary N) is 1. The van der Waals surface area contributed by atoms with E-state index in [4.69, 9.17) is 5.73 Å². The maximum absolute atomic E-state index is 5.76. The second-order valence-corrected chi connectivity index (χ2v) is 4.07. The maximum atomic E-state index is 5.76. The normalized spacial score (nSPS) is 25.4. The highest BCUT2D eigenvalue weighted by molar-refractivity contribution is 5.09. The minimum atomic E-state index is 0.473. The summed E-state index contributed by atoms with van der Waals surface area (Å²) in [6.07, 6.45) is 4.52. The first kappa shape index (κ1) is 9.74. The minimum absolute atomic E-state index is 0.473. The predicted molar refractivity (Wildman–Crippen MR) is 58.0 cm³/mol. The summed E-state index contributed by atoms with van der Waals surface area (Å²) in [5.41, 5.74) is 7.06. The van der Waals surface area contributed by atoms with Crippen molar-refractivity contribution in [3.8, 4) is 0 Å². The largest absolute Gasteiger partial charge is 0.364 e. The van der Waals surface area contributed by atoms with Gasteiger partial charge in [0.1, 0.15) is 0 Å². The molecule has 0 aromatic carbocycles. The SMILES string of the molecule is C[C@@H](c1ccc[nH]1)N1CCC[C@H]1CN. The van der Waals surface area contributed by atoms with Gasteiger partial charge in [0.25, 0.3) is 0 Å². The highest BCUT2D eigenvalue weighted by Crippen LogP contribution is 2.27. The highest BCUT2D eigenvalue weighted by Gasteiger charge is 2.28. The Kier molecular flexibility index (Phi) is 2.89. The molecule has 1 aliphatic heterocycles. The predicted octanol–water partition coefficient (Wildman–Crippen LogP) is 1.50. The molecule has 2 atom stereocenters. The van der Waals surface area contributed by atoms with Crippen molar-refractivity contribution in [2.24, 2.45) is 5.73 Å². The van der Waals surface area contributed by atoms with Crippen LogP contribution in [0.5, 0.6) is 0 Å². The van der Waals surface area contributed by atoms with Gasteiger partial charge in [0.05, 0.1) is 0 Å². The van der Waals surface area contributed by atoms with Crippen LogP contribution >= 0.6 is 0 Å². The van der Waals surface area contributed by atoms with Crippen LogP contribution in [-0.4, -0.2) is 29.0 Å². The van der Waals surface area contributed by atoms with Gasteiger partial charge in [-0.15, -0.1) is 0 Å². The van der Waals surface area contributed by atoms with E-state index >= 15 is 0 Å². The molecule has 78 valence electrons. The van der Waals surface area contributed by atoms with Crippen molar-refractivity contribution in [2.75, 3.05) is 13.1 Å². The monoisotopic (exact) mass is 193 g/mol. The summed E-state index contributed by atoms with van der Waals surface area (Å²) in [7, 11) is 0. The Morgan fingerprint density at radius 2 is 2.57 bits per heavy atom. The molecule has 3 N–H and O–H groups in total. The first-order valence-corrected chi connectivity index (χ1v) is 5.42. The summed E-state index contributed by atoms with van der Waals surface area (Å²) in [4.78, 5) is 5.78. The molecule has 0 amide bonds. The molecule has 2 rings (SSSR count). The standard InChI is InChI=1S/C11H19N3/c1-9(11-5-2-6-13-11)14-7-3-4-10(14)8-12/h2,5-6,9-10,13H,3-4,7-8,12H2,1H3/t9-,10-/m0/s1. The lowest BCUT2D eigenvalue weighted by Crippen LogP contribution is -2.37. The second kappa shape index (κ2) is 4.15. The number of rotatable bonds is 3. The maximum Gasteiger partial charge on any atom is 0.0473 e. The number of aromatic amines is 1. The van der Waals surface area contributed by atoms with E-state index in [0.717, 1.165) is 6.54 Å². The van der Waals surface area contributed by atoms with Crippen molar-refractivity contribution in [3.05, 3.63) is 24.0 Å². The molecule has 14 heavy (non-hydrogen) atoms. The van der Waals surface area contributed by atoms with Crippen LogP contribution in [-0.2, 0) is 0 Å². The van der Waals surface area contributed by atoms with Gasteiger partial charge >= 0.3 is 0 Å². The summed E-state index contributed by atoms with van der Waals surface area (Å²) in [5, 5.41) is 0. The lowest BCUT2D eigenvalue weighted by Gasteiger charge is -2.29. The van der Waals surface area contributed by atoms with Crippen LogP contribution in [0.1, 0.15) is 31.5 Å². The number of likely N-dealkylation sites (tertiary alicyclic amines) is 1. The van der Waals surface area contributed by atoms with Crippen LogP contribution in [0, 0.1) is 0 Å². The molecule has 0 unspecified atom stereocenters. The molecule has 2 heterocycles. The van der Waals surface area contributed by atoms with Gasteiger partial charge in [0, 0.05) is 30.5 Å². The van der Waals surface area contributed by atoms with Gasteiger partial charge in [-0.25, -0.2) is 0 Å². The molecule has 3 nitrogen and oxygen atoms in total. The number of hydrogen-bond donors (Lipinski definition) is 2. The zero-order valence-electron chi connectivity index (χ0n) is 8.74. The number of H-pyrrole nitrogens is 1. The van der Waals surface area contributed by atoms with Crippen molar-refractivity contribution in [2.45, 2.75) is 31.8 Å². The number of nitrogens with one attached hydrogen (secondary N) is 1. The molecule has 0 aliphatic carbocycles. The molecule has 1 saturated heterocycles. The molecule has 0 radical (unpaired) electrons. The summed E-state index contributed by atoms with van der Waals surface area (Å²) < 4.78 is 0. The van der Waals surface area contributed by atoms with Gasteiger partial charge in [-0.1, -0.05) is 0 Å². The lowest BCUT2D eigenvalue weighted by atomic mass is 10.1. The second-order valence-electron chi connectivity index (χ2n) is 4.07. The first-order valence-electron chi connectivity index (χ1n) is 5.42. The fourth-order valence-electron chi connectivity index (χ4n) is 2.40. The lowest BCUT2D eigenvalue weighted by molar-refractivity contribution is 0.194. The van der Waals surface area contributed by atoms with Crippen LogP contribution < -0.4 is 5.73 Å². The van der Waals surface area contributed by atoms with Crippen LogP contribution in [0.3, 0.4) is 0 Å². The third-order valence-electron chi connectivity index (χ3n) is 3.26. The topological polar surface area (TPSA) is 45.0 Å². The van der Waals surface area contributed by atoms with Crippen LogP contribution in [0.4, 0.5) is 0 Å². The van der Waals surface area contributed by atoms with E-state index in [1.54, 1.807) is 0 Å². The summed E-state index contributed by atoms with van der Waals surface area (Å²) >= 11 is 0. The highest BCUT2D eigenvalue weighted by atomic mass is 15.2. The summed E-state index contributed by atoms with van der Waals surface area (Å²) in [6.45, 7) is 4.22. The molecule has 3 heteroatoms. The quantitative estimate of drug-likeness (QED) is 0.764. The van der Waals surface area contributed by atoms with E-state index in [2.05, 4.69) is 28.9 Å². The Morgan fingerprint density at radius 3 is 3.21 bits per heavy atom. The third kappa shape index (κ3) is 1.70. The van der Waals surface area contributed by atoms with Crippen LogP contribution in [0.15, 0.2) is 18.3 Å². The van der Waals surface area contributed by atoms with Gasteiger partial charge in [-0.3, -0.25) is 4.90 Å². The minimum Gasteiger partial charge on any atom is -0.364 e. The first-order chi connectivity index (χ1) is 6.83. The van der Waals surface area contributed by atoms with E-state index in [0.29, 0.717) is 12.1 Å². The van der Waals surface area contributed by atoms with Crippen molar-refractivity contribution in [3.63, 3.8) is 0 Å². The average Bonchev–Trinajstić information content (AvgIpc) is 2.87. The Balaban J connectivity index is 2.07. The van der Waals surface area contributed by atoms with Crippen molar-refractivity contribution in [1.82, 2.24) is 9.88 Å². The zero-order valence-corrected chi connectivity index (χ0v) is 8.74. The molecule has 1 fully saturated rings. The molecule has 1 aromatic heterocycles. The smallest absolute Gasteiger partial charge is 0.0473 e. The molecular formula is C11H19N3. The fraction of sp³-hybridized carbons (Fsp3) is 0.636. The number of aromatic nitrogens is 1. The van der Waals surface area contributed by atoms with Crippen molar-refractivity contribution in [1.29, 1.82) is 0 Å². The Labute approximate surface area is 85.3 Å². The Bertz CT molecular complexity index is 268. The molecule has 0 saturated carbocycles. The third-order valence-corrected chi connectivity index (χ3v) is 3.26. The van der Waals surface area contributed by atoms with Gasteiger partial charge in [-0.05, 0) is 38.4 Å². The Morgan fingerprint density at radius 1 is 1.71 bits per heavy atom. The van der Waals surface area contributed by atoms with Gasteiger partial charge in [0.15, 0.2) is 0 Å². The van der Waals surface area contributed by atoms with E-state index in [-0.39, 0.29) is 0 Å². The van der Waals surface area contributed by atoms with Gasteiger partial charge in [-0.2, -0.15) is 0 Å². The van der Waals surface area contributed by atoms with E-state index < -0.39 is 0 Å². The van der Waals surface area contributed by atoms with Gasteiger partial charge in [0.2, 0.25) is 0 Å². The van der Waals surface area contributed by atoms with Gasteiger partial charge < -0.3 is 10.7 Å². The summed E-state index contributed by atoms with van der Waals surface area (Å²) in [5.74, 6) is 0. The van der Waals surface area contributed by atoms with Crippen LogP contribution in [0.2, 0.25) is 0 Å². The number of nitrogens with zero attached hydrogens (tertiary/aromatic N) is 1. The number of hydrogen-bond acceptors (Lipinski definition) is 2. The molecular weight excluding hydrogens is 174 g/mol. The zero-order chi connectivity index (χ0) is 9.97. The average molecular weight is 193 g/mol. The van der Waals surface area contributed by atoms with E-state index in [9.17, 15) is 0 Å². The molecule has 1 aromatic rings. The fourth-order valence-corrected chi connectivity index (χ4v) is 2.40. The van der Waals surface area contributed by atoms with E-state index in [1.807, 2.05) is 6.20 Å². The molecule has 0 spiro atoms. The Hall–Kier alpha value is -0.800. The van der Waals surface area contributed by atoms with Crippen molar-refractivity contribution >= 4 is 0 Å². The van der Waals surface area contributed by atoms with E-state index in [1.165, 1.54) is 25.1 Å². The molecule has 1 aliphatic rings. The van der Waals surface area contributed by atoms with Crippen LogP contribution in [0.25, 0.3) is 0 Å².